The summed E-state index contributed by atoms with van der Waals surface area (Å²) in [6, 6.07) is 0. The lowest BCUT2D eigenvalue weighted by Gasteiger charge is -2.05. The molecule has 0 fully saturated rings. The van der Waals surface area contributed by atoms with Gasteiger partial charge >= 0.3 is 5.97 Å². The summed E-state index contributed by atoms with van der Waals surface area (Å²) in [4.78, 5) is 10.8. The van der Waals surface area contributed by atoms with Gasteiger partial charge in [0.2, 0.25) is 0 Å². The van der Waals surface area contributed by atoms with Crippen molar-refractivity contribution < 1.29 is 9.53 Å². The zero-order valence-corrected chi connectivity index (χ0v) is 10.8. The second-order valence-electron chi connectivity index (χ2n) is 3.55. The summed E-state index contributed by atoms with van der Waals surface area (Å²) < 4.78 is 5.02. The molecule has 0 amide bonds. The zero-order chi connectivity index (χ0) is 10.8. The Morgan fingerprint density at radius 1 is 1.21 bits per heavy atom. The molecule has 0 saturated carbocycles. The van der Waals surface area contributed by atoms with E-state index in [2.05, 4.69) is 22.9 Å². The highest BCUT2D eigenvalue weighted by Crippen LogP contribution is 2.06. The minimum atomic E-state index is -0.178. The average molecular weight is 265 g/mol. The van der Waals surface area contributed by atoms with Gasteiger partial charge in [-0.15, -0.1) is 0 Å². The van der Waals surface area contributed by atoms with E-state index in [4.69, 9.17) is 4.74 Å². The first kappa shape index (κ1) is 13.9. The summed E-state index contributed by atoms with van der Waals surface area (Å²) in [5.74, 6) is -0.154. The zero-order valence-electron chi connectivity index (χ0n) is 9.22. The first-order valence-electron chi connectivity index (χ1n) is 5.49. The van der Waals surface area contributed by atoms with E-state index < -0.39 is 0 Å². The van der Waals surface area contributed by atoms with Gasteiger partial charge in [-0.05, 0) is 13.3 Å². The van der Waals surface area contributed by atoms with E-state index >= 15 is 0 Å². The highest BCUT2D eigenvalue weighted by atomic mass is 79.9. The van der Waals surface area contributed by atoms with Crippen molar-refractivity contribution in [2.24, 2.45) is 0 Å². The number of halogens is 1. The van der Waals surface area contributed by atoms with Gasteiger partial charge in [0.15, 0.2) is 0 Å². The highest BCUT2D eigenvalue weighted by Gasteiger charge is 2.08. The Hall–Kier alpha value is -0.0500. The highest BCUT2D eigenvalue weighted by molar-refractivity contribution is 9.10. The van der Waals surface area contributed by atoms with Gasteiger partial charge in [0.25, 0.3) is 0 Å². The summed E-state index contributed by atoms with van der Waals surface area (Å²) in [7, 11) is 0. The van der Waals surface area contributed by atoms with E-state index in [-0.39, 0.29) is 10.8 Å². The van der Waals surface area contributed by atoms with Gasteiger partial charge in [-0.1, -0.05) is 55.0 Å². The smallest absolute Gasteiger partial charge is 0.319 e. The largest absolute Gasteiger partial charge is 0.465 e. The van der Waals surface area contributed by atoms with Crippen LogP contribution < -0.4 is 0 Å². The van der Waals surface area contributed by atoms with Crippen molar-refractivity contribution in [2.45, 2.75) is 57.2 Å². The third-order valence-electron chi connectivity index (χ3n) is 2.07. The van der Waals surface area contributed by atoms with Gasteiger partial charge in [0.05, 0.1) is 6.61 Å². The summed E-state index contributed by atoms with van der Waals surface area (Å²) in [5, 5.41) is 0. The third-order valence-corrected chi connectivity index (χ3v) is 2.44. The molecule has 1 atom stereocenters. The van der Waals surface area contributed by atoms with Gasteiger partial charge in [-0.2, -0.15) is 0 Å². The Bertz CT molecular complexity index is 146. The second kappa shape index (κ2) is 9.50. The fourth-order valence-electron chi connectivity index (χ4n) is 1.17. The molecule has 0 radical (unpaired) electrons. The van der Waals surface area contributed by atoms with Crippen molar-refractivity contribution in [3.05, 3.63) is 0 Å². The van der Waals surface area contributed by atoms with Gasteiger partial charge in [0, 0.05) is 0 Å². The molecule has 0 aliphatic heterocycles. The van der Waals surface area contributed by atoms with Crippen molar-refractivity contribution in [1.82, 2.24) is 0 Å². The number of rotatable bonds is 8. The molecule has 0 rings (SSSR count). The van der Waals surface area contributed by atoms with Crippen LogP contribution in [-0.4, -0.2) is 17.4 Å². The molecule has 0 aliphatic carbocycles. The first-order chi connectivity index (χ1) is 6.68. The molecule has 14 heavy (non-hydrogen) atoms. The molecule has 0 aromatic heterocycles. The van der Waals surface area contributed by atoms with E-state index in [1.54, 1.807) is 6.92 Å². The first-order valence-corrected chi connectivity index (χ1v) is 6.40. The van der Waals surface area contributed by atoms with E-state index in [0.717, 1.165) is 6.42 Å². The maximum absolute atomic E-state index is 11.0. The predicted octanol–water partition coefficient (Wildman–Crippen LogP) is 3.67. The van der Waals surface area contributed by atoms with Crippen LogP contribution in [0.15, 0.2) is 0 Å². The monoisotopic (exact) mass is 264 g/mol. The Balaban J connectivity index is 3.10. The fourth-order valence-corrected chi connectivity index (χ4v) is 1.30. The Morgan fingerprint density at radius 2 is 1.79 bits per heavy atom. The molecule has 0 N–H and O–H groups in total. The lowest BCUT2D eigenvalue weighted by Crippen LogP contribution is -2.14. The lowest BCUT2D eigenvalue weighted by atomic mass is 10.1. The van der Waals surface area contributed by atoms with Crippen LogP contribution in [0.2, 0.25) is 0 Å². The molecular weight excluding hydrogens is 244 g/mol. The fraction of sp³-hybridized carbons (Fsp3) is 0.909. The number of hydrogen-bond donors (Lipinski definition) is 0. The maximum Gasteiger partial charge on any atom is 0.319 e. The molecule has 0 aromatic carbocycles. The Kier molecular flexibility index (Phi) is 9.47. The summed E-state index contributed by atoms with van der Waals surface area (Å²) in [6.07, 6.45) is 7.32. The maximum atomic E-state index is 11.0. The van der Waals surface area contributed by atoms with Crippen LogP contribution in [0.25, 0.3) is 0 Å². The van der Waals surface area contributed by atoms with Gasteiger partial charge in [-0.3, -0.25) is 4.79 Å². The summed E-state index contributed by atoms with van der Waals surface area (Å²) in [5.41, 5.74) is 0. The van der Waals surface area contributed by atoms with E-state index in [1.165, 1.54) is 32.1 Å². The number of hydrogen-bond acceptors (Lipinski definition) is 2. The predicted molar refractivity (Wildman–Crippen MR) is 62.7 cm³/mol. The summed E-state index contributed by atoms with van der Waals surface area (Å²) in [6.45, 7) is 4.56. The van der Waals surface area contributed by atoms with E-state index in [0.29, 0.717) is 6.61 Å². The molecule has 0 heterocycles. The van der Waals surface area contributed by atoms with Gasteiger partial charge < -0.3 is 4.74 Å². The van der Waals surface area contributed by atoms with E-state index in [9.17, 15) is 4.79 Å². The Labute approximate surface area is 95.5 Å². The molecule has 0 saturated heterocycles. The topological polar surface area (TPSA) is 26.3 Å². The average Bonchev–Trinajstić information content (AvgIpc) is 2.16. The number of unbranched alkanes of at least 4 members (excludes halogenated alkanes) is 5. The number of carbonyl (C=O) groups excluding carboxylic acids is 1. The van der Waals surface area contributed by atoms with Gasteiger partial charge in [0.1, 0.15) is 4.83 Å². The van der Waals surface area contributed by atoms with Crippen LogP contribution in [0.3, 0.4) is 0 Å². The molecule has 0 aromatic rings. The number of esters is 1. The van der Waals surface area contributed by atoms with Crippen LogP contribution in [-0.2, 0) is 9.53 Å². The van der Waals surface area contributed by atoms with Crippen LogP contribution in [0.4, 0.5) is 0 Å². The number of ether oxygens (including phenoxy) is 1. The van der Waals surface area contributed by atoms with E-state index in [1.807, 2.05) is 0 Å². The standard InChI is InChI=1S/C11H21BrO2/c1-3-4-5-6-7-8-9-14-11(13)10(2)12/h10H,3-9H2,1-2H3. The van der Waals surface area contributed by atoms with Gasteiger partial charge in [-0.25, -0.2) is 0 Å². The Morgan fingerprint density at radius 3 is 2.36 bits per heavy atom. The summed E-state index contributed by atoms with van der Waals surface area (Å²) >= 11 is 3.17. The minimum Gasteiger partial charge on any atom is -0.465 e. The SMILES string of the molecule is CCCCCCCCOC(=O)C(C)Br. The molecule has 2 nitrogen and oxygen atoms in total. The van der Waals surface area contributed by atoms with Crippen molar-refractivity contribution in [1.29, 1.82) is 0 Å². The molecule has 0 bridgehead atoms. The van der Waals surface area contributed by atoms with Crippen molar-refractivity contribution in [3.63, 3.8) is 0 Å². The molecule has 1 unspecified atom stereocenters. The lowest BCUT2D eigenvalue weighted by molar-refractivity contribution is -0.142. The van der Waals surface area contributed by atoms with Crippen LogP contribution in [0.1, 0.15) is 52.4 Å². The molecule has 3 heteroatoms. The minimum absolute atomic E-state index is 0.154. The van der Waals surface area contributed by atoms with Crippen molar-refractivity contribution in [2.75, 3.05) is 6.61 Å². The van der Waals surface area contributed by atoms with Crippen LogP contribution >= 0.6 is 15.9 Å². The van der Waals surface area contributed by atoms with Crippen molar-refractivity contribution in [3.8, 4) is 0 Å². The second-order valence-corrected chi connectivity index (χ2v) is 4.92. The third kappa shape index (κ3) is 8.54. The quantitative estimate of drug-likeness (QED) is 0.380. The molecule has 0 aliphatic rings. The normalized spacial score (nSPS) is 12.5. The number of carbonyl (C=O) groups is 1. The van der Waals surface area contributed by atoms with Crippen LogP contribution in [0, 0.1) is 0 Å². The molecule has 84 valence electrons. The molecule has 0 spiro atoms. The van der Waals surface area contributed by atoms with Crippen molar-refractivity contribution >= 4 is 21.9 Å². The molecular formula is C11H21BrO2. The van der Waals surface area contributed by atoms with Crippen LogP contribution in [0.5, 0.6) is 0 Å². The number of alkyl halides is 1.